The van der Waals surface area contributed by atoms with Crippen LogP contribution in [0.3, 0.4) is 0 Å². The molecule has 3 amide bonds. The van der Waals surface area contributed by atoms with Gasteiger partial charge in [0, 0.05) is 6.54 Å². The molecule has 1 saturated heterocycles. The summed E-state index contributed by atoms with van der Waals surface area (Å²) in [5, 5.41) is 2.29. The summed E-state index contributed by atoms with van der Waals surface area (Å²) < 4.78 is 4.95. The van der Waals surface area contributed by atoms with E-state index in [0.717, 1.165) is 18.2 Å². The molecule has 0 unspecified atom stereocenters. The second-order valence-corrected chi connectivity index (χ2v) is 5.00. The Balaban J connectivity index is 3.12. The highest BCUT2D eigenvalue weighted by atomic mass is 16.5. The van der Waals surface area contributed by atoms with Gasteiger partial charge in [-0.05, 0) is 27.2 Å². The molecule has 1 fully saturated rings. The molecule has 0 bridgehead atoms. The Morgan fingerprint density at radius 2 is 1.90 bits per heavy atom. The standard InChI is InChI=1S/C14H20N2O5/c1-5-6-7-16-12(18)11(15-14(16)20)10(9(4)17)13(19)21-8(2)3/h8H,5-7H2,1-4H3,(H,15,20). The van der Waals surface area contributed by atoms with Crippen LogP contribution in [0.2, 0.25) is 0 Å². The lowest BCUT2D eigenvalue weighted by Gasteiger charge is -2.11. The van der Waals surface area contributed by atoms with Gasteiger partial charge in [-0.1, -0.05) is 13.3 Å². The van der Waals surface area contributed by atoms with Gasteiger partial charge in [0.25, 0.3) is 5.91 Å². The summed E-state index contributed by atoms with van der Waals surface area (Å²) in [7, 11) is 0. The van der Waals surface area contributed by atoms with Crippen LogP contribution < -0.4 is 5.32 Å². The first-order chi connectivity index (χ1) is 9.79. The minimum absolute atomic E-state index is 0.245. The van der Waals surface area contributed by atoms with Crippen molar-refractivity contribution < 1.29 is 23.9 Å². The zero-order valence-electron chi connectivity index (χ0n) is 12.7. The van der Waals surface area contributed by atoms with Crippen LogP contribution in [0, 0.1) is 0 Å². The predicted molar refractivity (Wildman–Crippen MR) is 74.1 cm³/mol. The summed E-state index contributed by atoms with van der Waals surface area (Å²) in [6, 6.07) is -0.625. The normalized spacial score (nSPS) is 17.1. The van der Waals surface area contributed by atoms with Gasteiger partial charge in [-0.25, -0.2) is 9.59 Å². The SMILES string of the molecule is CCCCN1C(=O)NC(=C(C(C)=O)C(=O)OC(C)C)C1=O. The van der Waals surface area contributed by atoms with Crippen LogP contribution in [0.15, 0.2) is 11.3 Å². The molecule has 0 spiro atoms. The van der Waals surface area contributed by atoms with Gasteiger partial charge in [0.05, 0.1) is 6.10 Å². The fourth-order valence-corrected chi connectivity index (χ4v) is 1.84. The van der Waals surface area contributed by atoms with E-state index in [-0.39, 0.29) is 12.2 Å². The highest BCUT2D eigenvalue weighted by Gasteiger charge is 2.38. The number of unbranched alkanes of at least 4 members (excludes halogenated alkanes) is 1. The Labute approximate surface area is 123 Å². The molecule has 1 aliphatic rings. The molecule has 1 N–H and O–H groups in total. The molecule has 1 heterocycles. The third kappa shape index (κ3) is 3.90. The molecule has 0 aliphatic carbocycles. The monoisotopic (exact) mass is 296 g/mol. The minimum atomic E-state index is -0.904. The maximum atomic E-state index is 12.2. The number of carbonyl (C=O) groups excluding carboxylic acids is 4. The van der Waals surface area contributed by atoms with E-state index in [9.17, 15) is 19.2 Å². The number of rotatable bonds is 6. The van der Waals surface area contributed by atoms with E-state index in [1.54, 1.807) is 13.8 Å². The first-order valence-electron chi connectivity index (χ1n) is 6.88. The molecule has 7 heteroatoms. The number of esters is 1. The summed E-state index contributed by atoms with van der Waals surface area (Å²) in [5.41, 5.74) is -0.713. The second-order valence-electron chi connectivity index (χ2n) is 5.00. The Kier molecular flexibility index (Phi) is 5.63. The van der Waals surface area contributed by atoms with Crippen molar-refractivity contribution in [3.8, 4) is 0 Å². The van der Waals surface area contributed by atoms with Crippen LogP contribution in [0.1, 0.15) is 40.5 Å². The number of urea groups is 1. The van der Waals surface area contributed by atoms with Gasteiger partial charge < -0.3 is 10.1 Å². The van der Waals surface area contributed by atoms with E-state index < -0.39 is 35.4 Å². The fourth-order valence-electron chi connectivity index (χ4n) is 1.84. The zero-order valence-corrected chi connectivity index (χ0v) is 12.7. The molecule has 0 atom stereocenters. The van der Waals surface area contributed by atoms with Crippen LogP contribution in [-0.4, -0.2) is 41.2 Å². The quantitative estimate of drug-likeness (QED) is 0.261. The number of nitrogens with zero attached hydrogens (tertiary/aromatic N) is 1. The smallest absolute Gasteiger partial charge is 0.344 e. The van der Waals surface area contributed by atoms with E-state index in [1.807, 2.05) is 6.92 Å². The van der Waals surface area contributed by atoms with Gasteiger partial charge in [-0.3, -0.25) is 14.5 Å². The summed E-state index contributed by atoms with van der Waals surface area (Å²) >= 11 is 0. The second kappa shape index (κ2) is 7.01. The molecule has 1 aliphatic heterocycles. The number of ketones is 1. The van der Waals surface area contributed by atoms with Crippen molar-refractivity contribution in [2.24, 2.45) is 0 Å². The lowest BCUT2D eigenvalue weighted by atomic mass is 10.1. The lowest BCUT2D eigenvalue weighted by Crippen LogP contribution is -2.31. The number of Topliss-reactive ketones (excluding diaryl/α,β-unsaturated/α-hetero) is 1. The minimum Gasteiger partial charge on any atom is -0.459 e. The van der Waals surface area contributed by atoms with Crippen LogP contribution in [0.5, 0.6) is 0 Å². The van der Waals surface area contributed by atoms with Crippen molar-refractivity contribution in [3.05, 3.63) is 11.3 Å². The number of nitrogens with one attached hydrogen (secondary N) is 1. The van der Waals surface area contributed by atoms with Crippen molar-refractivity contribution in [3.63, 3.8) is 0 Å². The highest BCUT2D eigenvalue weighted by molar-refractivity contribution is 6.25. The van der Waals surface area contributed by atoms with Crippen molar-refractivity contribution in [2.75, 3.05) is 6.54 Å². The van der Waals surface area contributed by atoms with E-state index >= 15 is 0 Å². The van der Waals surface area contributed by atoms with Gasteiger partial charge in [0.1, 0.15) is 11.3 Å². The lowest BCUT2D eigenvalue weighted by molar-refractivity contribution is -0.144. The van der Waals surface area contributed by atoms with Crippen molar-refractivity contribution in [1.29, 1.82) is 0 Å². The predicted octanol–water partition coefficient (Wildman–Crippen LogP) is 1.13. The van der Waals surface area contributed by atoms with Crippen molar-refractivity contribution in [2.45, 2.75) is 46.6 Å². The third-order valence-corrected chi connectivity index (χ3v) is 2.82. The number of hydrogen-bond acceptors (Lipinski definition) is 5. The van der Waals surface area contributed by atoms with Crippen LogP contribution in [0.25, 0.3) is 0 Å². The molecule has 1 rings (SSSR count). The van der Waals surface area contributed by atoms with E-state index in [2.05, 4.69) is 5.32 Å². The Morgan fingerprint density at radius 1 is 1.29 bits per heavy atom. The topological polar surface area (TPSA) is 92.8 Å². The van der Waals surface area contributed by atoms with Crippen LogP contribution in [-0.2, 0) is 19.1 Å². The summed E-state index contributed by atoms with van der Waals surface area (Å²) in [4.78, 5) is 48.5. The summed E-state index contributed by atoms with van der Waals surface area (Å²) in [5.74, 6) is -2.19. The molecular weight excluding hydrogens is 276 g/mol. The average molecular weight is 296 g/mol. The fraction of sp³-hybridized carbons (Fsp3) is 0.571. The largest absolute Gasteiger partial charge is 0.459 e. The first kappa shape index (κ1) is 16.9. The van der Waals surface area contributed by atoms with Crippen LogP contribution >= 0.6 is 0 Å². The maximum Gasteiger partial charge on any atom is 0.344 e. The van der Waals surface area contributed by atoms with E-state index in [4.69, 9.17) is 4.74 Å². The van der Waals surface area contributed by atoms with E-state index in [0.29, 0.717) is 6.42 Å². The molecule has 0 aromatic carbocycles. The maximum absolute atomic E-state index is 12.2. The van der Waals surface area contributed by atoms with E-state index in [1.165, 1.54) is 0 Å². The molecule has 21 heavy (non-hydrogen) atoms. The summed E-state index contributed by atoms with van der Waals surface area (Å²) in [6.07, 6.45) is 1.03. The van der Waals surface area contributed by atoms with Crippen molar-refractivity contribution in [1.82, 2.24) is 10.2 Å². The molecule has 0 aromatic heterocycles. The number of hydrogen-bond donors (Lipinski definition) is 1. The molecular formula is C14H20N2O5. The number of carbonyl (C=O) groups is 4. The van der Waals surface area contributed by atoms with Gasteiger partial charge in [-0.15, -0.1) is 0 Å². The first-order valence-corrected chi connectivity index (χ1v) is 6.88. The number of imide groups is 1. The van der Waals surface area contributed by atoms with Gasteiger partial charge in [0.2, 0.25) is 0 Å². The molecule has 0 radical (unpaired) electrons. The molecule has 7 nitrogen and oxygen atoms in total. The third-order valence-electron chi connectivity index (χ3n) is 2.82. The molecule has 0 aromatic rings. The van der Waals surface area contributed by atoms with Gasteiger partial charge >= 0.3 is 12.0 Å². The Bertz CT molecular complexity index is 507. The van der Waals surface area contributed by atoms with Crippen molar-refractivity contribution >= 4 is 23.7 Å². The Morgan fingerprint density at radius 3 is 2.38 bits per heavy atom. The van der Waals surface area contributed by atoms with Gasteiger partial charge in [0.15, 0.2) is 5.78 Å². The number of amides is 3. The average Bonchev–Trinajstić information content (AvgIpc) is 2.62. The van der Waals surface area contributed by atoms with Gasteiger partial charge in [-0.2, -0.15) is 0 Å². The highest BCUT2D eigenvalue weighted by Crippen LogP contribution is 2.17. The number of ether oxygens (including phenoxy) is 1. The molecule has 116 valence electrons. The Hall–Kier alpha value is -2.18. The van der Waals surface area contributed by atoms with Crippen LogP contribution in [0.4, 0.5) is 4.79 Å². The zero-order chi connectivity index (χ0) is 16.2. The molecule has 0 saturated carbocycles. The summed E-state index contributed by atoms with van der Waals surface area (Å²) in [6.45, 7) is 6.58.